The van der Waals surface area contributed by atoms with Gasteiger partial charge in [0.05, 0.1) is 29.7 Å². The molecule has 1 spiro atoms. The highest BCUT2D eigenvalue weighted by Gasteiger charge is 2.58. The zero-order valence-electron chi connectivity index (χ0n) is 22.7. The van der Waals surface area contributed by atoms with Gasteiger partial charge in [0.1, 0.15) is 5.75 Å². The second-order valence-corrected chi connectivity index (χ2v) is 10.1. The predicted octanol–water partition coefficient (Wildman–Crippen LogP) is 6.03. The molecule has 0 N–H and O–H groups in total. The van der Waals surface area contributed by atoms with Crippen LogP contribution >= 0.6 is 0 Å². The van der Waals surface area contributed by atoms with Crippen LogP contribution in [0.15, 0.2) is 72.9 Å². The third-order valence-corrected chi connectivity index (χ3v) is 8.11. The van der Waals surface area contributed by atoms with E-state index >= 15 is 0 Å². The number of alkyl halides is 3. The maximum Gasteiger partial charge on any atom is 0.416 e. The lowest BCUT2D eigenvalue weighted by atomic mass is 9.78. The van der Waals surface area contributed by atoms with Crippen LogP contribution < -0.4 is 14.5 Å². The Morgan fingerprint density at radius 2 is 1.73 bits per heavy atom. The molecule has 1 unspecified atom stereocenters. The molecule has 4 aromatic rings. The Hall–Kier alpha value is -4.60. The van der Waals surface area contributed by atoms with Crippen molar-refractivity contribution in [2.24, 2.45) is 7.05 Å². The molecule has 3 aromatic carbocycles. The summed E-state index contributed by atoms with van der Waals surface area (Å²) in [6.07, 6.45) is -2.46. The molecule has 41 heavy (non-hydrogen) atoms. The molecule has 1 aliphatic heterocycles. The molecule has 2 heterocycles. The van der Waals surface area contributed by atoms with Crippen molar-refractivity contribution in [1.29, 1.82) is 0 Å². The van der Waals surface area contributed by atoms with Crippen LogP contribution in [0.3, 0.4) is 0 Å². The van der Waals surface area contributed by atoms with Crippen LogP contribution in [0.4, 0.5) is 30.2 Å². The molecule has 10 heteroatoms. The van der Waals surface area contributed by atoms with Crippen molar-refractivity contribution in [2.45, 2.75) is 31.4 Å². The highest BCUT2D eigenvalue weighted by molar-refractivity contribution is 6.27. The van der Waals surface area contributed by atoms with Gasteiger partial charge in [0, 0.05) is 31.0 Å². The van der Waals surface area contributed by atoms with Crippen LogP contribution in [-0.2, 0) is 34.6 Å². The third kappa shape index (κ3) is 3.84. The van der Waals surface area contributed by atoms with E-state index in [1.807, 2.05) is 19.2 Å². The van der Waals surface area contributed by atoms with Crippen LogP contribution in [-0.4, -0.2) is 35.2 Å². The number of benzene rings is 3. The summed E-state index contributed by atoms with van der Waals surface area (Å²) in [5.74, 6) is -0.531. The average molecular weight is 561 g/mol. The van der Waals surface area contributed by atoms with E-state index in [-0.39, 0.29) is 24.3 Å². The van der Waals surface area contributed by atoms with E-state index in [0.29, 0.717) is 23.4 Å². The van der Waals surface area contributed by atoms with Crippen molar-refractivity contribution in [3.05, 3.63) is 89.6 Å². The minimum atomic E-state index is -4.64. The van der Waals surface area contributed by atoms with E-state index in [0.717, 1.165) is 29.0 Å². The SMILES string of the molecule is CCN1C(=O)C2(CCc3c2ccc(-c2ccnn2C)c3OC)C(=O)N(c2ccccc2)c2cc(C(F)(F)F)ccc21. The maximum absolute atomic E-state index is 14.8. The topological polar surface area (TPSA) is 67.7 Å². The largest absolute Gasteiger partial charge is 0.496 e. The number of rotatable bonds is 4. The van der Waals surface area contributed by atoms with Crippen molar-refractivity contribution < 1.29 is 27.5 Å². The van der Waals surface area contributed by atoms with Gasteiger partial charge in [-0.15, -0.1) is 0 Å². The van der Waals surface area contributed by atoms with Gasteiger partial charge < -0.3 is 9.64 Å². The van der Waals surface area contributed by atoms with Crippen LogP contribution in [0.2, 0.25) is 0 Å². The second kappa shape index (κ2) is 9.50. The van der Waals surface area contributed by atoms with Crippen LogP contribution in [0.25, 0.3) is 11.3 Å². The molecular formula is C31H27F3N4O3. The molecule has 0 fully saturated rings. The summed E-state index contributed by atoms with van der Waals surface area (Å²) in [7, 11) is 3.35. The molecule has 210 valence electrons. The minimum Gasteiger partial charge on any atom is -0.496 e. The number of aromatic nitrogens is 2. The second-order valence-electron chi connectivity index (χ2n) is 10.1. The van der Waals surface area contributed by atoms with E-state index in [1.54, 1.807) is 61.3 Å². The summed E-state index contributed by atoms with van der Waals surface area (Å²) in [5, 5.41) is 4.25. The quantitative estimate of drug-likeness (QED) is 0.286. The zero-order chi connectivity index (χ0) is 29.1. The molecule has 1 aromatic heterocycles. The zero-order valence-corrected chi connectivity index (χ0v) is 22.7. The average Bonchev–Trinajstić information content (AvgIpc) is 3.55. The number of ether oxygens (including phenoxy) is 1. The molecule has 1 atom stereocenters. The molecule has 1 aliphatic carbocycles. The minimum absolute atomic E-state index is 0.00928. The molecule has 7 nitrogen and oxygen atoms in total. The standard InChI is InChI=1S/C31H27F3N4O3/c1-4-37-25-13-10-19(31(32,33)34)18-26(25)38(20-8-6-5-7-9-20)29(40)30(28(37)39)16-14-21-23(30)12-11-22(27(21)41-3)24-15-17-35-36(24)2/h5-13,15,17-18H,4,14,16H2,1-3H3. The molecule has 0 radical (unpaired) electrons. The summed E-state index contributed by atoms with van der Waals surface area (Å²) in [5.41, 5.74) is 0.837. The predicted molar refractivity (Wildman–Crippen MR) is 148 cm³/mol. The van der Waals surface area contributed by atoms with Crippen molar-refractivity contribution in [3.63, 3.8) is 0 Å². The van der Waals surface area contributed by atoms with Gasteiger partial charge in [-0.3, -0.25) is 19.2 Å². The molecule has 0 saturated heterocycles. The number of aryl methyl sites for hydroxylation is 1. The number of carbonyl (C=O) groups excluding carboxylic acids is 2. The number of anilines is 3. The first kappa shape index (κ1) is 26.6. The molecule has 0 saturated carbocycles. The van der Waals surface area contributed by atoms with Gasteiger partial charge in [-0.2, -0.15) is 18.3 Å². The third-order valence-electron chi connectivity index (χ3n) is 8.11. The molecule has 0 bridgehead atoms. The number of para-hydroxylation sites is 1. The fraction of sp³-hybridized carbons (Fsp3) is 0.258. The Morgan fingerprint density at radius 1 is 0.976 bits per heavy atom. The number of halogens is 3. The van der Waals surface area contributed by atoms with Gasteiger partial charge in [0.25, 0.3) is 5.91 Å². The lowest BCUT2D eigenvalue weighted by Gasteiger charge is -2.32. The monoisotopic (exact) mass is 560 g/mol. The number of likely N-dealkylation sites (N-methyl/N-ethyl adjacent to an activating group) is 1. The highest BCUT2D eigenvalue weighted by Crippen LogP contribution is 2.53. The summed E-state index contributed by atoms with van der Waals surface area (Å²) >= 11 is 0. The van der Waals surface area contributed by atoms with Crippen molar-refractivity contribution in [3.8, 4) is 17.0 Å². The van der Waals surface area contributed by atoms with Crippen molar-refractivity contribution in [2.75, 3.05) is 23.5 Å². The molecule has 6 rings (SSSR count). The lowest BCUT2D eigenvalue weighted by molar-refractivity contribution is -0.138. The number of carbonyl (C=O) groups is 2. The van der Waals surface area contributed by atoms with Crippen molar-refractivity contribution >= 4 is 28.9 Å². The Morgan fingerprint density at radius 3 is 2.37 bits per heavy atom. The van der Waals surface area contributed by atoms with Gasteiger partial charge >= 0.3 is 6.18 Å². The Balaban J connectivity index is 1.63. The van der Waals surface area contributed by atoms with Crippen LogP contribution in [0.1, 0.15) is 30.0 Å². The summed E-state index contributed by atoms with van der Waals surface area (Å²) in [6.45, 7) is 1.91. The highest BCUT2D eigenvalue weighted by atomic mass is 19.4. The molecule has 2 aliphatic rings. The maximum atomic E-state index is 14.8. The van der Waals surface area contributed by atoms with E-state index < -0.39 is 29.0 Å². The van der Waals surface area contributed by atoms with E-state index in [9.17, 15) is 22.8 Å². The number of amides is 2. The summed E-state index contributed by atoms with van der Waals surface area (Å²) in [6, 6.07) is 17.1. The van der Waals surface area contributed by atoms with Crippen LogP contribution in [0, 0.1) is 0 Å². The Labute approximate surface area is 234 Å². The van der Waals surface area contributed by atoms with E-state index in [4.69, 9.17) is 4.74 Å². The van der Waals surface area contributed by atoms with Gasteiger partial charge in [-0.25, -0.2) is 0 Å². The first-order chi connectivity index (χ1) is 19.6. The number of hydrogen-bond donors (Lipinski definition) is 0. The number of methoxy groups -OCH3 is 1. The lowest BCUT2D eigenvalue weighted by Crippen LogP contribution is -2.53. The first-order valence-electron chi connectivity index (χ1n) is 13.2. The normalized spacial score (nSPS) is 18.5. The van der Waals surface area contributed by atoms with E-state index in [2.05, 4.69) is 5.10 Å². The molecule has 2 amide bonds. The summed E-state index contributed by atoms with van der Waals surface area (Å²) < 4.78 is 49.3. The fourth-order valence-electron chi connectivity index (χ4n) is 6.23. The van der Waals surface area contributed by atoms with Gasteiger partial charge in [0.2, 0.25) is 5.91 Å². The smallest absolute Gasteiger partial charge is 0.416 e. The van der Waals surface area contributed by atoms with Crippen molar-refractivity contribution in [1.82, 2.24) is 9.78 Å². The van der Waals surface area contributed by atoms with Crippen LogP contribution in [0.5, 0.6) is 5.75 Å². The number of fused-ring (bicyclic) bond motifs is 3. The number of hydrogen-bond acceptors (Lipinski definition) is 4. The fourth-order valence-corrected chi connectivity index (χ4v) is 6.23. The van der Waals surface area contributed by atoms with Gasteiger partial charge in [-0.05, 0) is 73.4 Å². The Kier molecular flexibility index (Phi) is 6.17. The summed E-state index contributed by atoms with van der Waals surface area (Å²) in [4.78, 5) is 32.1. The molecular weight excluding hydrogens is 533 g/mol. The van der Waals surface area contributed by atoms with E-state index in [1.165, 1.54) is 15.9 Å². The Bertz CT molecular complexity index is 1680. The first-order valence-corrected chi connectivity index (χ1v) is 13.2. The van der Waals surface area contributed by atoms with Gasteiger partial charge in [-0.1, -0.05) is 24.3 Å². The number of nitrogens with zero attached hydrogens (tertiary/aromatic N) is 4. The van der Waals surface area contributed by atoms with Gasteiger partial charge in [0.15, 0.2) is 5.41 Å².